The maximum atomic E-state index is 12.3. The zero-order valence-corrected chi connectivity index (χ0v) is 16.5. The van der Waals surface area contributed by atoms with Gasteiger partial charge in [-0.1, -0.05) is 37.3 Å². The largest absolute Gasteiger partial charge is 0.379 e. The maximum absolute atomic E-state index is 12.3. The van der Waals surface area contributed by atoms with Crippen LogP contribution in [-0.2, 0) is 14.8 Å². The molecule has 1 heterocycles. The van der Waals surface area contributed by atoms with Gasteiger partial charge in [0.05, 0.1) is 19.0 Å². The Balaban J connectivity index is 1.85. The lowest BCUT2D eigenvalue weighted by Crippen LogP contribution is -2.45. The molecule has 0 amide bonds. The van der Waals surface area contributed by atoms with E-state index in [2.05, 4.69) is 34.7 Å². The minimum atomic E-state index is -3.26. The van der Waals surface area contributed by atoms with E-state index in [1.165, 1.54) is 9.87 Å². The van der Waals surface area contributed by atoms with Gasteiger partial charge in [0.15, 0.2) is 5.96 Å². The third-order valence-corrected chi connectivity index (χ3v) is 6.12. The summed E-state index contributed by atoms with van der Waals surface area (Å²) in [5.41, 5.74) is 1.24. The molecule has 26 heavy (non-hydrogen) atoms. The molecule has 146 valence electrons. The van der Waals surface area contributed by atoms with E-state index < -0.39 is 10.0 Å². The fourth-order valence-electron chi connectivity index (χ4n) is 2.71. The zero-order valence-electron chi connectivity index (χ0n) is 15.6. The van der Waals surface area contributed by atoms with E-state index >= 15 is 0 Å². The van der Waals surface area contributed by atoms with Gasteiger partial charge in [0, 0.05) is 38.6 Å². The summed E-state index contributed by atoms with van der Waals surface area (Å²) in [5, 5.41) is 6.29. The number of rotatable bonds is 8. The van der Waals surface area contributed by atoms with Crippen molar-refractivity contribution in [2.45, 2.75) is 19.8 Å². The van der Waals surface area contributed by atoms with Gasteiger partial charge in [-0.25, -0.2) is 8.42 Å². The van der Waals surface area contributed by atoms with Gasteiger partial charge in [0.2, 0.25) is 10.0 Å². The summed E-state index contributed by atoms with van der Waals surface area (Å²) in [4.78, 5) is 4.59. The fraction of sp³-hybridized carbons (Fsp3) is 0.611. The van der Waals surface area contributed by atoms with Crippen LogP contribution in [0.1, 0.15) is 25.3 Å². The minimum Gasteiger partial charge on any atom is -0.379 e. The third-order valence-electron chi connectivity index (χ3n) is 4.25. The van der Waals surface area contributed by atoms with Crippen molar-refractivity contribution in [1.29, 1.82) is 0 Å². The summed E-state index contributed by atoms with van der Waals surface area (Å²) < 4.78 is 31.4. The Labute approximate surface area is 156 Å². The van der Waals surface area contributed by atoms with Crippen molar-refractivity contribution in [3.05, 3.63) is 35.9 Å². The SMILES string of the molecule is CCNC(=NCC(C)c1ccccc1)NCCS(=O)(=O)N1CCOCC1. The Kier molecular flexibility index (Phi) is 8.34. The molecule has 0 bridgehead atoms. The van der Waals surface area contributed by atoms with Crippen LogP contribution < -0.4 is 10.6 Å². The van der Waals surface area contributed by atoms with Crippen LogP contribution in [0.5, 0.6) is 0 Å². The van der Waals surface area contributed by atoms with Crippen molar-refractivity contribution < 1.29 is 13.2 Å². The second-order valence-electron chi connectivity index (χ2n) is 6.29. The molecule has 0 saturated carbocycles. The Morgan fingerprint density at radius 1 is 1.23 bits per heavy atom. The molecule has 8 heteroatoms. The Morgan fingerprint density at radius 3 is 2.58 bits per heavy atom. The van der Waals surface area contributed by atoms with Crippen molar-refractivity contribution in [1.82, 2.24) is 14.9 Å². The van der Waals surface area contributed by atoms with Crippen LogP contribution in [0.4, 0.5) is 0 Å². The summed E-state index contributed by atoms with van der Waals surface area (Å²) in [7, 11) is -3.26. The number of morpholine rings is 1. The Bertz CT molecular complexity index is 658. The van der Waals surface area contributed by atoms with Crippen LogP contribution in [0.3, 0.4) is 0 Å². The molecule has 2 N–H and O–H groups in total. The third kappa shape index (κ3) is 6.59. The predicted octanol–water partition coefficient (Wildman–Crippen LogP) is 1.01. The van der Waals surface area contributed by atoms with E-state index in [4.69, 9.17) is 4.74 Å². The number of nitrogens with one attached hydrogen (secondary N) is 2. The monoisotopic (exact) mass is 382 g/mol. The summed E-state index contributed by atoms with van der Waals surface area (Å²) >= 11 is 0. The second-order valence-corrected chi connectivity index (χ2v) is 8.37. The number of guanidine groups is 1. The van der Waals surface area contributed by atoms with Crippen LogP contribution in [0.25, 0.3) is 0 Å². The number of ether oxygens (including phenoxy) is 1. The number of benzene rings is 1. The van der Waals surface area contributed by atoms with Gasteiger partial charge < -0.3 is 15.4 Å². The minimum absolute atomic E-state index is 0.0473. The van der Waals surface area contributed by atoms with Gasteiger partial charge in [-0.05, 0) is 12.5 Å². The highest BCUT2D eigenvalue weighted by atomic mass is 32.2. The molecule has 1 aromatic carbocycles. The topological polar surface area (TPSA) is 83.0 Å². The van der Waals surface area contributed by atoms with Crippen molar-refractivity contribution in [2.24, 2.45) is 4.99 Å². The van der Waals surface area contributed by atoms with E-state index in [0.29, 0.717) is 51.3 Å². The molecule has 2 rings (SSSR count). The number of hydrogen-bond donors (Lipinski definition) is 2. The molecule has 1 aliphatic heterocycles. The standard InChI is InChI=1S/C18H30N4O3S/c1-3-19-18(21-15-16(2)17-7-5-4-6-8-17)20-9-14-26(23,24)22-10-12-25-13-11-22/h4-8,16H,3,9-15H2,1-2H3,(H2,19,20,21). The molecule has 1 aromatic rings. The number of nitrogens with zero attached hydrogens (tertiary/aromatic N) is 2. The average Bonchev–Trinajstić information content (AvgIpc) is 2.67. The van der Waals surface area contributed by atoms with Crippen molar-refractivity contribution in [3.8, 4) is 0 Å². The lowest BCUT2D eigenvalue weighted by molar-refractivity contribution is 0.0730. The molecule has 0 aromatic heterocycles. The molecule has 1 unspecified atom stereocenters. The van der Waals surface area contributed by atoms with Gasteiger partial charge in [-0.15, -0.1) is 0 Å². The number of hydrogen-bond acceptors (Lipinski definition) is 4. The van der Waals surface area contributed by atoms with Gasteiger partial charge in [0.1, 0.15) is 0 Å². The molecular weight excluding hydrogens is 352 g/mol. The van der Waals surface area contributed by atoms with Gasteiger partial charge in [-0.3, -0.25) is 4.99 Å². The first-order chi connectivity index (χ1) is 12.5. The quantitative estimate of drug-likeness (QED) is 0.518. The van der Waals surface area contributed by atoms with E-state index in [1.807, 2.05) is 25.1 Å². The highest BCUT2D eigenvalue weighted by molar-refractivity contribution is 7.89. The highest BCUT2D eigenvalue weighted by Crippen LogP contribution is 2.14. The fourth-order valence-corrected chi connectivity index (χ4v) is 4.03. The molecule has 1 fully saturated rings. The van der Waals surface area contributed by atoms with E-state index in [9.17, 15) is 8.42 Å². The average molecular weight is 383 g/mol. The summed E-state index contributed by atoms with van der Waals surface area (Å²) in [6, 6.07) is 10.2. The first-order valence-electron chi connectivity index (χ1n) is 9.15. The highest BCUT2D eigenvalue weighted by Gasteiger charge is 2.23. The van der Waals surface area contributed by atoms with Crippen molar-refractivity contribution >= 4 is 16.0 Å². The van der Waals surface area contributed by atoms with Crippen molar-refractivity contribution in [2.75, 3.05) is 51.7 Å². The number of aliphatic imine (C=N–C) groups is 1. The first kappa shape index (κ1) is 20.7. The van der Waals surface area contributed by atoms with Crippen LogP contribution in [0.15, 0.2) is 35.3 Å². The lowest BCUT2D eigenvalue weighted by atomic mass is 10.0. The molecule has 0 radical (unpaired) electrons. The Morgan fingerprint density at radius 2 is 1.92 bits per heavy atom. The molecular formula is C18H30N4O3S. The molecule has 7 nitrogen and oxygen atoms in total. The summed E-state index contributed by atoms with van der Waals surface area (Å²) in [5.74, 6) is 0.988. The van der Waals surface area contributed by atoms with E-state index in [-0.39, 0.29) is 5.75 Å². The molecule has 0 aliphatic carbocycles. The summed E-state index contributed by atoms with van der Waals surface area (Å²) in [6.07, 6.45) is 0. The molecule has 1 atom stereocenters. The van der Waals surface area contributed by atoms with Gasteiger partial charge >= 0.3 is 0 Å². The van der Waals surface area contributed by atoms with Crippen LogP contribution in [0.2, 0.25) is 0 Å². The normalized spacial score (nSPS) is 17.7. The van der Waals surface area contributed by atoms with Gasteiger partial charge in [-0.2, -0.15) is 4.31 Å². The van der Waals surface area contributed by atoms with E-state index in [0.717, 1.165) is 6.54 Å². The predicted molar refractivity (Wildman–Crippen MR) is 105 cm³/mol. The zero-order chi connectivity index (χ0) is 18.8. The molecule has 1 saturated heterocycles. The second kappa shape index (κ2) is 10.5. The summed E-state index contributed by atoms with van der Waals surface area (Å²) in [6.45, 7) is 7.61. The van der Waals surface area contributed by atoms with Crippen LogP contribution in [-0.4, -0.2) is 70.4 Å². The van der Waals surface area contributed by atoms with Gasteiger partial charge in [0.25, 0.3) is 0 Å². The maximum Gasteiger partial charge on any atom is 0.215 e. The lowest BCUT2D eigenvalue weighted by Gasteiger charge is -2.26. The van der Waals surface area contributed by atoms with Crippen molar-refractivity contribution in [3.63, 3.8) is 0 Å². The number of sulfonamides is 1. The van der Waals surface area contributed by atoms with Crippen LogP contribution >= 0.6 is 0 Å². The molecule has 0 spiro atoms. The smallest absolute Gasteiger partial charge is 0.215 e. The van der Waals surface area contributed by atoms with E-state index in [1.54, 1.807) is 0 Å². The first-order valence-corrected chi connectivity index (χ1v) is 10.8. The van der Waals surface area contributed by atoms with Crippen LogP contribution in [0, 0.1) is 0 Å². The Hall–Kier alpha value is -1.64. The molecule has 1 aliphatic rings.